The number of carboxylic acids is 1. The molecule has 0 fully saturated rings. The molecule has 0 spiro atoms. The Hall–Kier alpha value is -1.58. The minimum atomic E-state index is -1.09. The molecule has 0 bridgehead atoms. The number of hydrogen-bond acceptors (Lipinski definition) is 2. The highest BCUT2D eigenvalue weighted by atomic mass is 16.4. The van der Waals surface area contributed by atoms with Gasteiger partial charge in [0.25, 0.3) is 5.56 Å². The van der Waals surface area contributed by atoms with Gasteiger partial charge in [-0.05, 0) is 42.7 Å². The van der Waals surface area contributed by atoms with E-state index in [1.54, 1.807) is 4.57 Å². The van der Waals surface area contributed by atoms with E-state index in [9.17, 15) is 14.7 Å². The molecule has 1 aliphatic carbocycles. The van der Waals surface area contributed by atoms with Crippen LogP contribution in [-0.2, 0) is 19.4 Å². The first-order valence-corrected chi connectivity index (χ1v) is 6.49. The number of aromatic nitrogens is 1. The van der Waals surface area contributed by atoms with E-state index in [-0.39, 0.29) is 11.1 Å². The Kier molecular flexibility index (Phi) is 3.55. The minimum absolute atomic E-state index is 0.00662. The third-order valence-electron chi connectivity index (χ3n) is 3.37. The highest BCUT2D eigenvalue weighted by molar-refractivity contribution is 5.89. The summed E-state index contributed by atoms with van der Waals surface area (Å²) in [7, 11) is 0. The smallest absolute Gasteiger partial charge is 0.341 e. The molecule has 2 rings (SSSR count). The van der Waals surface area contributed by atoms with Crippen molar-refractivity contribution in [3.8, 4) is 0 Å². The quantitative estimate of drug-likeness (QED) is 0.892. The summed E-state index contributed by atoms with van der Waals surface area (Å²) in [5.41, 5.74) is 1.45. The van der Waals surface area contributed by atoms with Gasteiger partial charge in [-0.1, -0.05) is 13.8 Å². The van der Waals surface area contributed by atoms with E-state index in [1.165, 1.54) is 0 Å². The molecule has 18 heavy (non-hydrogen) atoms. The SMILES string of the molecule is CC(C)Cn1cc2c(c(C(=O)O)c1=O)CCCC2. The summed E-state index contributed by atoms with van der Waals surface area (Å²) in [6.45, 7) is 4.62. The maximum absolute atomic E-state index is 12.2. The molecule has 0 saturated heterocycles. The van der Waals surface area contributed by atoms with Gasteiger partial charge in [-0.25, -0.2) is 4.79 Å². The Labute approximate surface area is 106 Å². The first kappa shape index (κ1) is 12.9. The van der Waals surface area contributed by atoms with Crippen molar-refractivity contribution in [1.82, 2.24) is 4.57 Å². The molecule has 0 saturated carbocycles. The highest BCUT2D eigenvalue weighted by Gasteiger charge is 2.23. The predicted octanol–water partition coefficient (Wildman–Crippen LogP) is 2.08. The van der Waals surface area contributed by atoms with E-state index in [1.807, 2.05) is 20.0 Å². The predicted molar refractivity (Wildman–Crippen MR) is 69.1 cm³/mol. The van der Waals surface area contributed by atoms with E-state index < -0.39 is 5.97 Å². The van der Waals surface area contributed by atoms with Crippen LogP contribution in [0.15, 0.2) is 11.0 Å². The van der Waals surface area contributed by atoms with Gasteiger partial charge >= 0.3 is 5.97 Å². The van der Waals surface area contributed by atoms with E-state index in [4.69, 9.17) is 0 Å². The lowest BCUT2D eigenvalue weighted by Gasteiger charge is -2.20. The van der Waals surface area contributed by atoms with Gasteiger partial charge in [0.2, 0.25) is 0 Å². The van der Waals surface area contributed by atoms with Gasteiger partial charge in [0.05, 0.1) is 0 Å². The fourth-order valence-corrected chi connectivity index (χ4v) is 2.63. The van der Waals surface area contributed by atoms with Gasteiger partial charge < -0.3 is 9.67 Å². The fourth-order valence-electron chi connectivity index (χ4n) is 2.63. The lowest BCUT2D eigenvalue weighted by atomic mass is 9.90. The Morgan fingerprint density at radius 3 is 2.67 bits per heavy atom. The summed E-state index contributed by atoms with van der Waals surface area (Å²) in [5, 5.41) is 9.27. The van der Waals surface area contributed by atoms with Crippen LogP contribution in [0.3, 0.4) is 0 Å². The molecule has 0 aliphatic heterocycles. The monoisotopic (exact) mass is 249 g/mol. The second-order valence-electron chi connectivity index (χ2n) is 5.37. The maximum atomic E-state index is 12.2. The molecule has 0 radical (unpaired) electrons. The van der Waals surface area contributed by atoms with Crippen LogP contribution in [0.4, 0.5) is 0 Å². The molecule has 0 aromatic carbocycles. The number of fused-ring (bicyclic) bond motifs is 1. The standard InChI is InChI=1S/C14H19NO3/c1-9(2)7-15-8-10-5-3-4-6-11(10)12(13(15)16)14(17)18/h8-9H,3-7H2,1-2H3,(H,17,18). The van der Waals surface area contributed by atoms with Crippen LogP contribution in [0.1, 0.15) is 48.2 Å². The summed E-state index contributed by atoms with van der Waals surface area (Å²) in [6, 6.07) is 0. The summed E-state index contributed by atoms with van der Waals surface area (Å²) >= 11 is 0. The Morgan fingerprint density at radius 1 is 1.39 bits per heavy atom. The van der Waals surface area contributed by atoms with E-state index in [0.29, 0.717) is 18.9 Å². The summed E-state index contributed by atoms with van der Waals surface area (Å²) < 4.78 is 1.57. The number of carboxylic acid groups (broad SMARTS) is 1. The number of nitrogens with zero attached hydrogens (tertiary/aromatic N) is 1. The highest BCUT2D eigenvalue weighted by Crippen LogP contribution is 2.22. The molecular weight excluding hydrogens is 230 g/mol. The topological polar surface area (TPSA) is 59.3 Å². The summed E-state index contributed by atoms with van der Waals surface area (Å²) in [5.74, 6) is -0.762. The van der Waals surface area contributed by atoms with Gasteiger partial charge in [-0.15, -0.1) is 0 Å². The fraction of sp³-hybridized carbons (Fsp3) is 0.571. The van der Waals surface area contributed by atoms with Gasteiger partial charge in [0.1, 0.15) is 5.56 Å². The average Bonchev–Trinajstić information content (AvgIpc) is 2.29. The van der Waals surface area contributed by atoms with Crippen molar-refractivity contribution in [2.24, 2.45) is 5.92 Å². The van der Waals surface area contributed by atoms with Crippen molar-refractivity contribution in [1.29, 1.82) is 0 Å². The third-order valence-corrected chi connectivity index (χ3v) is 3.37. The van der Waals surface area contributed by atoms with E-state index >= 15 is 0 Å². The number of aryl methyl sites for hydroxylation is 1. The largest absolute Gasteiger partial charge is 0.477 e. The van der Waals surface area contributed by atoms with Crippen LogP contribution in [-0.4, -0.2) is 15.6 Å². The van der Waals surface area contributed by atoms with Crippen LogP contribution in [0, 0.1) is 5.92 Å². The molecule has 1 N–H and O–H groups in total. The maximum Gasteiger partial charge on any atom is 0.341 e. The zero-order valence-corrected chi connectivity index (χ0v) is 10.9. The zero-order valence-electron chi connectivity index (χ0n) is 10.9. The molecule has 4 heteroatoms. The number of rotatable bonds is 3. The van der Waals surface area contributed by atoms with Crippen molar-refractivity contribution < 1.29 is 9.90 Å². The number of hydrogen-bond donors (Lipinski definition) is 1. The van der Waals surface area contributed by atoms with E-state index in [0.717, 1.165) is 30.4 Å². The molecule has 0 atom stereocenters. The second-order valence-corrected chi connectivity index (χ2v) is 5.37. The second kappa shape index (κ2) is 4.96. The van der Waals surface area contributed by atoms with Crippen molar-refractivity contribution in [2.75, 3.05) is 0 Å². The van der Waals surface area contributed by atoms with Crippen molar-refractivity contribution in [2.45, 2.75) is 46.1 Å². The molecule has 1 aromatic rings. The van der Waals surface area contributed by atoms with E-state index in [2.05, 4.69) is 0 Å². The van der Waals surface area contributed by atoms with Crippen LogP contribution in [0.25, 0.3) is 0 Å². The molecule has 4 nitrogen and oxygen atoms in total. The molecule has 1 aliphatic rings. The first-order chi connectivity index (χ1) is 8.50. The van der Waals surface area contributed by atoms with Gasteiger partial charge in [0.15, 0.2) is 0 Å². The summed E-state index contributed by atoms with van der Waals surface area (Å²) in [4.78, 5) is 23.5. The molecule has 1 heterocycles. The zero-order chi connectivity index (χ0) is 13.3. The van der Waals surface area contributed by atoms with Crippen molar-refractivity contribution >= 4 is 5.97 Å². The Bertz CT molecular complexity index is 529. The minimum Gasteiger partial charge on any atom is -0.477 e. The molecular formula is C14H19NO3. The van der Waals surface area contributed by atoms with Crippen molar-refractivity contribution in [3.63, 3.8) is 0 Å². The number of pyridine rings is 1. The Balaban J connectivity index is 2.61. The summed E-state index contributed by atoms with van der Waals surface area (Å²) in [6.07, 6.45) is 5.51. The lowest BCUT2D eigenvalue weighted by Crippen LogP contribution is -2.31. The first-order valence-electron chi connectivity index (χ1n) is 6.49. The Morgan fingerprint density at radius 2 is 2.06 bits per heavy atom. The van der Waals surface area contributed by atoms with Gasteiger partial charge in [0, 0.05) is 12.7 Å². The third kappa shape index (κ3) is 2.33. The van der Waals surface area contributed by atoms with Crippen LogP contribution in [0.2, 0.25) is 0 Å². The van der Waals surface area contributed by atoms with Crippen LogP contribution >= 0.6 is 0 Å². The van der Waals surface area contributed by atoms with Gasteiger partial charge in [-0.2, -0.15) is 0 Å². The normalized spacial score (nSPS) is 14.6. The lowest BCUT2D eigenvalue weighted by molar-refractivity contribution is 0.0692. The number of aromatic carboxylic acids is 1. The van der Waals surface area contributed by atoms with Gasteiger partial charge in [-0.3, -0.25) is 4.79 Å². The average molecular weight is 249 g/mol. The molecule has 0 amide bonds. The van der Waals surface area contributed by atoms with Crippen LogP contribution < -0.4 is 5.56 Å². The number of carbonyl (C=O) groups is 1. The van der Waals surface area contributed by atoms with Crippen LogP contribution in [0.5, 0.6) is 0 Å². The van der Waals surface area contributed by atoms with Crippen molar-refractivity contribution in [3.05, 3.63) is 33.2 Å². The molecule has 0 unspecified atom stereocenters. The molecule has 1 aromatic heterocycles. The molecule has 98 valence electrons.